The molecule has 0 saturated carbocycles. The van der Waals surface area contributed by atoms with Gasteiger partial charge in [0.2, 0.25) is 5.91 Å². The Morgan fingerprint density at radius 1 is 1.00 bits per heavy atom. The summed E-state index contributed by atoms with van der Waals surface area (Å²) < 4.78 is 0. The second kappa shape index (κ2) is 7.81. The molecule has 0 unspecified atom stereocenters. The fourth-order valence-electron chi connectivity index (χ4n) is 2.36. The Bertz CT molecular complexity index is 665. The van der Waals surface area contributed by atoms with Gasteiger partial charge in [-0.25, -0.2) is 4.79 Å². The molecule has 2 aromatic rings. The van der Waals surface area contributed by atoms with E-state index in [0.29, 0.717) is 0 Å². The average molecular weight is 307 g/mol. The summed E-state index contributed by atoms with van der Waals surface area (Å²) in [5.41, 5.74) is 1.59. The molecule has 2 rings (SSSR count). The molecular weight excluding hydrogens is 290 g/mol. The molecule has 116 valence electrons. The predicted octanol–water partition coefficient (Wildman–Crippen LogP) is 2.41. The third-order valence-corrected chi connectivity index (χ3v) is 3.46. The molecule has 4 heteroatoms. The van der Waals surface area contributed by atoms with Crippen LogP contribution in [0, 0.1) is 12.3 Å². The van der Waals surface area contributed by atoms with E-state index in [0.717, 1.165) is 11.1 Å². The molecule has 0 spiro atoms. The Morgan fingerprint density at radius 3 is 1.87 bits per heavy atom. The van der Waals surface area contributed by atoms with E-state index in [1.54, 1.807) is 0 Å². The van der Waals surface area contributed by atoms with Gasteiger partial charge in [-0.1, -0.05) is 60.7 Å². The molecule has 0 aliphatic rings. The maximum atomic E-state index is 12.7. The molecule has 23 heavy (non-hydrogen) atoms. The maximum Gasteiger partial charge on any atom is 0.327 e. The van der Waals surface area contributed by atoms with Crippen molar-refractivity contribution < 1.29 is 14.7 Å². The van der Waals surface area contributed by atoms with Crippen LogP contribution in [0.3, 0.4) is 0 Å². The molecule has 1 amide bonds. The normalized spacial score (nSPS) is 11.5. The summed E-state index contributed by atoms with van der Waals surface area (Å²) in [6.07, 6.45) is 5.12. The average Bonchev–Trinajstić information content (AvgIpc) is 2.56. The quantitative estimate of drug-likeness (QED) is 0.805. The number of carboxylic acids is 1. The zero-order chi connectivity index (χ0) is 16.7. The zero-order valence-electron chi connectivity index (χ0n) is 12.5. The van der Waals surface area contributed by atoms with Crippen molar-refractivity contribution in [1.82, 2.24) is 5.32 Å². The summed E-state index contributed by atoms with van der Waals surface area (Å²) >= 11 is 0. The number of rotatable bonds is 6. The van der Waals surface area contributed by atoms with Gasteiger partial charge in [0, 0.05) is 6.42 Å². The molecule has 0 bridgehead atoms. The summed E-state index contributed by atoms with van der Waals surface area (Å²) in [5.74, 6) is 0.165. The van der Waals surface area contributed by atoms with Gasteiger partial charge >= 0.3 is 5.97 Å². The van der Waals surface area contributed by atoms with Gasteiger partial charge in [-0.3, -0.25) is 4.79 Å². The monoisotopic (exact) mass is 307 g/mol. The highest BCUT2D eigenvalue weighted by Crippen LogP contribution is 2.24. The number of hydrogen-bond donors (Lipinski definition) is 2. The fraction of sp³-hybridized carbons (Fsp3) is 0.158. The van der Waals surface area contributed by atoms with E-state index in [-0.39, 0.29) is 12.3 Å². The van der Waals surface area contributed by atoms with Gasteiger partial charge in [-0.05, 0) is 11.1 Å². The van der Waals surface area contributed by atoms with E-state index in [9.17, 15) is 9.59 Å². The third-order valence-electron chi connectivity index (χ3n) is 3.46. The van der Waals surface area contributed by atoms with Gasteiger partial charge in [0.25, 0.3) is 0 Å². The first kappa shape index (κ1) is 16.3. The standard InChI is InChI=1S/C19H17NO3/c1-2-9-16(19(22)23)20-18(21)17(14-10-5-3-6-11-14)15-12-7-4-8-13-15/h1,3-8,10-13,16-17H,9H2,(H,20,21)(H,22,23)/t16-/m1/s1. The van der Waals surface area contributed by atoms with Gasteiger partial charge < -0.3 is 10.4 Å². The second-order valence-electron chi connectivity index (χ2n) is 5.06. The Morgan fingerprint density at radius 2 is 1.48 bits per heavy atom. The Balaban J connectivity index is 2.33. The Hall–Kier alpha value is -3.06. The largest absolute Gasteiger partial charge is 0.480 e. The van der Waals surface area contributed by atoms with Crippen LogP contribution in [0.2, 0.25) is 0 Å². The lowest BCUT2D eigenvalue weighted by molar-refractivity contribution is -0.141. The summed E-state index contributed by atoms with van der Waals surface area (Å²) in [6, 6.07) is 17.4. The number of carbonyl (C=O) groups is 2. The molecule has 0 aliphatic carbocycles. The smallest absolute Gasteiger partial charge is 0.327 e. The number of carboxylic acid groups (broad SMARTS) is 1. The SMILES string of the molecule is C#CC[C@@H](NC(=O)C(c1ccccc1)c1ccccc1)C(=O)O. The number of hydrogen-bond acceptors (Lipinski definition) is 2. The topological polar surface area (TPSA) is 66.4 Å². The molecule has 4 nitrogen and oxygen atoms in total. The number of benzene rings is 2. The van der Waals surface area contributed by atoms with E-state index < -0.39 is 17.9 Å². The van der Waals surface area contributed by atoms with Gasteiger partial charge in [0.05, 0.1) is 5.92 Å². The minimum atomic E-state index is -1.14. The lowest BCUT2D eigenvalue weighted by Crippen LogP contribution is -2.43. The number of carbonyl (C=O) groups excluding carboxylic acids is 1. The van der Waals surface area contributed by atoms with Crippen molar-refractivity contribution >= 4 is 11.9 Å². The van der Waals surface area contributed by atoms with E-state index in [1.165, 1.54) is 0 Å². The molecule has 1 atom stereocenters. The summed E-state index contributed by atoms with van der Waals surface area (Å²) in [5, 5.41) is 11.7. The van der Waals surface area contributed by atoms with E-state index in [2.05, 4.69) is 11.2 Å². The number of nitrogens with one attached hydrogen (secondary N) is 1. The Kier molecular flexibility index (Phi) is 5.54. The van der Waals surface area contributed by atoms with Crippen molar-refractivity contribution in [3.05, 3.63) is 71.8 Å². The maximum absolute atomic E-state index is 12.7. The summed E-state index contributed by atoms with van der Waals surface area (Å²) in [6.45, 7) is 0. The zero-order valence-corrected chi connectivity index (χ0v) is 12.5. The summed E-state index contributed by atoms with van der Waals surface area (Å²) in [4.78, 5) is 23.9. The molecular formula is C19H17NO3. The first-order valence-electron chi connectivity index (χ1n) is 7.20. The molecule has 2 N–H and O–H groups in total. The number of terminal acetylenes is 1. The molecule has 0 heterocycles. The van der Waals surface area contributed by atoms with Gasteiger partial charge in [0.1, 0.15) is 6.04 Å². The van der Waals surface area contributed by atoms with Crippen LogP contribution in [-0.2, 0) is 9.59 Å². The third kappa shape index (κ3) is 4.21. The van der Waals surface area contributed by atoms with Crippen molar-refractivity contribution in [1.29, 1.82) is 0 Å². The van der Waals surface area contributed by atoms with Gasteiger partial charge in [-0.15, -0.1) is 12.3 Å². The van der Waals surface area contributed by atoms with Crippen molar-refractivity contribution in [2.45, 2.75) is 18.4 Å². The molecule has 0 aromatic heterocycles. The highest BCUT2D eigenvalue weighted by Gasteiger charge is 2.27. The Labute approximate surface area is 135 Å². The molecule has 0 aliphatic heterocycles. The van der Waals surface area contributed by atoms with Crippen LogP contribution >= 0.6 is 0 Å². The predicted molar refractivity (Wildman–Crippen MR) is 87.7 cm³/mol. The van der Waals surface area contributed by atoms with Gasteiger partial charge in [-0.2, -0.15) is 0 Å². The molecule has 0 fully saturated rings. The van der Waals surface area contributed by atoms with Crippen LogP contribution in [-0.4, -0.2) is 23.0 Å². The molecule has 0 saturated heterocycles. The van der Waals surface area contributed by atoms with E-state index in [4.69, 9.17) is 11.5 Å². The van der Waals surface area contributed by atoms with E-state index >= 15 is 0 Å². The van der Waals surface area contributed by atoms with Crippen LogP contribution in [0.5, 0.6) is 0 Å². The highest BCUT2D eigenvalue weighted by atomic mass is 16.4. The van der Waals surface area contributed by atoms with Crippen molar-refractivity contribution in [3.8, 4) is 12.3 Å². The van der Waals surface area contributed by atoms with Crippen LogP contribution in [0.15, 0.2) is 60.7 Å². The second-order valence-corrected chi connectivity index (χ2v) is 5.06. The van der Waals surface area contributed by atoms with Gasteiger partial charge in [0.15, 0.2) is 0 Å². The first-order valence-corrected chi connectivity index (χ1v) is 7.20. The fourth-order valence-corrected chi connectivity index (χ4v) is 2.36. The van der Waals surface area contributed by atoms with Crippen LogP contribution in [0.25, 0.3) is 0 Å². The van der Waals surface area contributed by atoms with Crippen LogP contribution in [0.4, 0.5) is 0 Å². The van der Waals surface area contributed by atoms with Crippen LogP contribution in [0.1, 0.15) is 23.5 Å². The van der Waals surface area contributed by atoms with Crippen molar-refractivity contribution in [2.75, 3.05) is 0 Å². The van der Waals surface area contributed by atoms with Crippen molar-refractivity contribution in [2.24, 2.45) is 0 Å². The lowest BCUT2D eigenvalue weighted by Gasteiger charge is -2.20. The minimum absolute atomic E-state index is 0.0582. The minimum Gasteiger partial charge on any atom is -0.480 e. The number of aliphatic carboxylic acids is 1. The first-order chi connectivity index (χ1) is 11.1. The van der Waals surface area contributed by atoms with E-state index in [1.807, 2.05) is 60.7 Å². The lowest BCUT2D eigenvalue weighted by atomic mass is 9.90. The summed E-state index contributed by atoms with van der Waals surface area (Å²) in [7, 11) is 0. The molecule has 2 aromatic carbocycles. The van der Waals surface area contributed by atoms with Crippen molar-refractivity contribution in [3.63, 3.8) is 0 Å². The highest BCUT2D eigenvalue weighted by molar-refractivity contribution is 5.90. The molecule has 0 radical (unpaired) electrons. The van der Waals surface area contributed by atoms with Crippen LogP contribution < -0.4 is 5.32 Å². The number of amides is 1.